The lowest BCUT2D eigenvalue weighted by molar-refractivity contribution is -0.164. The number of nitrogens with zero attached hydrogens (tertiary/aromatic N) is 5. The number of anilines is 1. The molecule has 4 amide bonds. The normalized spacial score (nSPS) is 24.6. The van der Waals surface area contributed by atoms with Crippen molar-refractivity contribution in [1.82, 2.24) is 35.7 Å². The molecule has 376 valence electrons. The largest absolute Gasteiger partial charge is 0.489 e. The van der Waals surface area contributed by atoms with E-state index in [0.717, 1.165) is 59.0 Å². The van der Waals surface area contributed by atoms with E-state index in [2.05, 4.69) is 58.4 Å². The van der Waals surface area contributed by atoms with Crippen LogP contribution in [0.5, 0.6) is 5.75 Å². The first-order valence-corrected chi connectivity index (χ1v) is 25.7. The quantitative estimate of drug-likeness (QED) is 0.0957. The van der Waals surface area contributed by atoms with Crippen LogP contribution >= 0.6 is 22.9 Å². The molecule has 1 saturated carbocycles. The predicted octanol–water partition coefficient (Wildman–Crippen LogP) is 7.08. The van der Waals surface area contributed by atoms with E-state index in [0.29, 0.717) is 16.3 Å². The molecular formula is C53H69ClN8O7S. The fourth-order valence-electron chi connectivity index (χ4n) is 11.4. The van der Waals surface area contributed by atoms with Crippen LogP contribution in [-0.2, 0) is 19.1 Å². The molecule has 3 saturated heterocycles. The smallest absolute Gasteiger partial charge is 0.253 e. The number of pyridine rings is 1. The maximum Gasteiger partial charge on any atom is 0.253 e. The van der Waals surface area contributed by atoms with Gasteiger partial charge < -0.3 is 40.3 Å². The van der Waals surface area contributed by atoms with Gasteiger partial charge in [0.2, 0.25) is 17.7 Å². The number of thiazole rings is 1. The maximum atomic E-state index is 14.2. The minimum Gasteiger partial charge on any atom is -0.489 e. The maximum absolute atomic E-state index is 14.2. The van der Waals surface area contributed by atoms with Gasteiger partial charge in [0.15, 0.2) is 0 Å². The molecule has 8 rings (SSSR count). The van der Waals surface area contributed by atoms with Gasteiger partial charge in [-0.1, -0.05) is 90.4 Å². The van der Waals surface area contributed by atoms with Crippen molar-refractivity contribution in [3.8, 4) is 16.2 Å². The number of likely N-dealkylation sites (tertiary alicyclic amines) is 1. The molecule has 70 heavy (non-hydrogen) atoms. The average Bonchev–Trinajstić information content (AvgIpc) is 3.99. The highest BCUT2D eigenvalue weighted by Gasteiger charge is 2.64. The number of amides is 4. The SMILES string of the molecule is Cc1ccc(OC2C(C)(C)C(NC(=O)c3ccc(N4CC5CCC(C4)N5COCC(=O)N[C@H](C(=O)N4C[C@H](O)CC4C(=O)N[C@@H](C)c4ccc(-c5scnc5C)cc4)C(C)(C)C)nc3)C2(C)C)cc1Cl. The van der Waals surface area contributed by atoms with E-state index in [4.69, 9.17) is 26.1 Å². The van der Waals surface area contributed by atoms with Crippen molar-refractivity contribution in [2.45, 2.75) is 137 Å². The predicted molar refractivity (Wildman–Crippen MR) is 272 cm³/mol. The van der Waals surface area contributed by atoms with Crippen LogP contribution in [0.25, 0.3) is 10.4 Å². The molecule has 1 aliphatic carbocycles. The zero-order valence-electron chi connectivity index (χ0n) is 42.0. The Hall–Kier alpha value is -5.13. The second-order valence-corrected chi connectivity index (χ2v) is 23.3. The van der Waals surface area contributed by atoms with Gasteiger partial charge in [-0.3, -0.25) is 24.1 Å². The number of β-amino-alcohol motifs (C(OH)–C–C–N with tert-alkyl or cyclic N) is 1. The third-order valence-electron chi connectivity index (χ3n) is 15.0. The number of fused-ring (bicyclic) bond motifs is 2. The molecule has 2 aromatic carbocycles. The number of aromatic nitrogens is 2. The summed E-state index contributed by atoms with van der Waals surface area (Å²) in [5.41, 5.74) is 4.82. The molecule has 3 unspecified atom stereocenters. The van der Waals surface area contributed by atoms with Gasteiger partial charge in [0, 0.05) is 66.2 Å². The van der Waals surface area contributed by atoms with E-state index in [9.17, 15) is 24.3 Å². The van der Waals surface area contributed by atoms with E-state index in [1.165, 1.54) is 4.90 Å². The Morgan fingerprint density at radius 2 is 1.61 bits per heavy atom. The lowest BCUT2D eigenvalue weighted by Crippen LogP contribution is -2.74. The first-order chi connectivity index (χ1) is 33.0. The number of carbonyl (C=O) groups excluding carboxylic acids is 4. The van der Waals surface area contributed by atoms with Crippen LogP contribution < -0.4 is 25.6 Å². The number of nitrogens with one attached hydrogen (secondary N) is 3. The molecule has 5 heterocycles. The number of benzene rings is 2. The number of rotatable bonds is 15. The summed E-state index contributed by atoms with van der Waals surface area (Å²) in [7, 11) is 0. The zero-order chi connectivity index (χ0) is 50.4. The van der Waals surface area contributed by atoms with Gasteiger partial charge in [-0.15, -0.1) is 11.3 Å². The summed E-state index contributed by atoms with van der Waals surface area (Å²) in [6.45, 7) is 21.3. The second kappa shape index (κ2) is 20.2. The molecule has 4 fully saturated rings. The number of aryl methyl sites for hydroxylation is 2. The van der Waals surface area contributed by atoms with Crippen molar-refractivity contribution >= 4 is 52.4 Å². The molecule has 4 N–H and O–H groups in total. The number of carbonyl (C=O) groups is 4. The molecule has 0 radical (unpaired) electrons. The fraction of sp³-hybridized carbons (Fsp3) is 0.547. The Balaban J connectivity index is 0.805. The van der Waals surface area contributed by atoms with Crippen LogP contribution in [0.2, 0.25) is 5.02 Å². The monoisotopic (exact) mass is 996 g/mol. The Morgan fingerprint density at radius 3 is 2.21 bits per heavy atom. The minimum absolute atomic E-state index is 0.0164. The summed E-state index contributed by atoms with van der Waals surface area (Å²) in [5.74, 6) is 0.0944. The van der Waals surface area contributed by atoms with Crippen molar-refractivity contribution in [2.75, 3.05) is 37.9 Å². The Bertz CT molecular complexity index is 2530. The van der Waals surface area contributed by atoms with Crippen molar-refractivity contribution in [2.24, 2.45) is 16.2 Å². The number of aliphatic hydroxyl groups excluding tert-OH is 1. The van der Waals surface area contributed by atoms with Crippen LogP contribution in [0.4, 0.5) is 5.82 Å². The molecular weight excluding hydrogens is 928 g/mol. The summed E-state index contributed by atoms with van der Waals surface area (Å²) in [5, 5.41) is 20.6. The summed E-state index contributed by atoms with van der Waals surface area (Å²) < 4.78 is 12.5. The Kier molecular flexibility index (Phi) is 14.8. The second-order valence-electron chi connectivity index (χ2n) is 22.0. The third-order valence-corrected chi connectivity index (χ3v) is 16.4. The molecule has 4 aliphatic rings. The fourth-order valence-corrected chi connectivity index (χ4v) is 12.3. The molecule has 6 atom stereocenters. The molecule has 0 spiro atoms. The molecule has 2 bridgehead atoms. The van der Waals surface area contributed by atoms with Gasteiger partial charge in [-0.25, -0.2) is 9.97 Å². The van der Waals surface area contributed by atoms with E-state index in [1.807, 2.05) is 102 Å². The van der Waals surface area contributed by atoms with Crippen molar-refractivity contribution in [3.05, 3.63) is 93.7 Å². The van der Waals surface area contributed by atoms with Gasteiger partial charge in [0.05, 0.1) is 33.8 Å². The first-order valence-electron chi connectivity index (χ1n) is 24.4. The van der Waals surface area contributed by atoms with Crippen molar-refractivity contribution < 1.29 is 33.8 Å². The number of aliphatic hydroxyl groups is 1. The van der Waals surface area contributed by atoms with Crippen LogP contribution in [-0.4, -0.2) is 124 Å². The van der Waals surface area contributed by atoms with Gasteiger partial charge in [-0.05, 0) is 80.0 Å². The van der Waals surface area contributed by atoms with Crippen LogP contribution in [0.1, 0.15) is 108 Å². The van der Waals surface area contributed by atoms with Gasteiger partial charge >= 0.3 is 0 Å². The van der Waals surface area contributed by atoms with Crippen LogP contribution in [0, 0.1) is 30.1 Å². The standard InChI is InChI=1S/C53H69ClN8O7S/c1-30-11-19-39(22-40(30)54)69-50-52(7,8)49(53(50,9)10)59-46(65)35-16-20-42(55-23-35)60-24-36-17-18-37(25-60)62(36)29-68-27-43(64)58-45(51(4,5)6)48(67)61-26-38(63)21-41(61)47(66)57-31(2)33-12-14-34(15-13-33)44-32(3)56-28-70-44/h11-16,19-20,22-23,28,31,36-38,41,45,49-50,63H,17-18,21,24-27,29H2,1-10H3,(H,57,66)(H,58,64)(H,59,65)/t31-,36?,37?,38+,41?,45+,49?,50?/m0/s1. The summed E-state index contributed by atoms with van der Waals surface area (Å²) in [4.78, 5) is 71.2. The minimum atomic E-state index is -0.970. The number of halogens is 1. The number of ether oxygens (including phenoxy) is 2. The topological polar surface area (TPSA) is 179 Å². The van der Waals surface area contributed by atoms with Crippen molar-refractivity contribution in [3.63, 3.8) is 0 Å². The van der Waals surface area contributed by atoms with Crippen LogP contribution in [0.15, 0.2) is 66.3 Å². The lowest BCUT2D eigenvalue weighted by atomic mass is 9.49. The molecule has 2 aromatic heterocycles. The summed E-state index contributed by atoms with van der Waals surface area (Å²) in [6, 6.07) is 15.4. The number of hydrogen-bond donors (Lipinski definition) is 4. The molecule has 3 aliphatic heterocycles. The van der Waals surface area contributed by atoms with Crippen LogP contribution in [0.3, 0.4) is 0 Å². The number of piperazine rings is 1. The van der Waals surface area contributed by atoms with E-state index >= 15 is 0 Å². The molecule has 15 nitrogen and oxygen atoms in total. The Labute approximate surface area is 421 Å². The van der Waals surface area contributed by atoms with Gasteiger partial charge in [-0.2, -0.15) is 0 Å². The van der Waals surface area contributed by atoms with E-state index in [-0.39, 0.29) is 79.2 Å². The van der Waals surface area contributed by atoms with Gasteiger partial charge in [0.1, 0.15) is 43.1 Å². The lowest BCUT2D eigenvalue weighted by Gasteiger charge is -2.63. The highest BCUT2D eigenvalue weighted by Crippen LogP contribution is 2.55. The van der Waals surface area contributed by atoms with E-state index < -0.39 is 35.4 Å². The average molecular weight is 998 g/mol. The molecule has 17 heteroatoms. The summed E-state index contributed by atoms with van der Waals surface area (Å²) >= 11 is 7.95. The zero-order valence-corrected chi connectivity index (χ0v) is 43.6. The highest BCUT2D eigenvalue weighted by atomic mass is 35.5. The first kappa shape index (κ1) is 51.2. The Morgan fingerprint density at radius 1 is 0.929 bits per heavy atom. The van der Waals surface area contributed by atoms with E-state index in [1.54, 1.807) is 17.5 Å². The third kappa shape index (κ3) is 10.6. The van der Waals surface area contributed by atoms with Gasteiger partial charge in [0.25, 0.3) is 5.91 Å². The highest BCUT2D eigenvalue weighted by molar-refractivity contribution is 7.13. The molecule has 4 aromatic rings. The summed E-state index contributed by atoms with van der Waals surface area (Å²) in [6.07, 6.45) is 2.66. The van der Waals surface area contributed by atoms with Crippen molar-refractivity contribution in [1.29, 1.82) is 0 Å². The number of hydrogen-bond acceptors (Lipinski definition) is 12.